The summed E-state index contributed by atoms with van der Waals surface area (Å²) < 4.78 is 5.53. The zero-order valence-electron chi connectivity index (χ0n) is 6.94. The van der Waals surface area contributed by atoms with Gasteiger partial charge in [-0.25, -0.2) is 0 Å². The third-order valence-corrected chi connectivity index (χ3v) is 2.20. The van der Waals surface area contributed by atoms with Crippen molar-refractivity contribution in [2.24, 2.45) is 5.73 Å². The smallest absolute Gasteiger partial charge is 0.0841 e. The van der Waals surface area contributed by atoms with Crippen molar-refractivity contribution in [3.63, 3.8) is 0 Å². The SMILES string of the molecule is N[C@H]1CO[C@H](c2ccccc2)C1. The van der Waals surface area contributed by atoms with Gasteiger partial charge in [0, 0.05) is 6.04 Å². The summed E-state index contributed by atoms with van der Waals surface area (Å²) in [6, 6.07) is 10.5. The molecule has 0 radical (unpaired) electrons. The Kier molecular flexibility index (Phi) is 2.11. The standard InChI is InChI=1S/C10H13NO/c11-9-6-10(12-7-9)8-4-2-1-3-5-8/h1-5,9-10H,6-7,11H2/t9-,10+/m1/s1. The number of benzene rings is 1. The lowest BCUT2D eigenvalue weighted by Crippen LogP contribution is -2.18. The Morgan fingerprint density at radius 1 is 1.25 bits per heavy atom. The third-order valence-electron chi connectivity index (χ3n) is 2.20. The second kappa shape index (κ2) is 3.25. The summed E-state index contributed by atoms with van der Waals surface area (Å²) in [4.78, 5) is 0. The van der Waals surface area contributed by atoms with Gasteiger partial charge in [0.2, 0.25) is 0 Å². The van der Waals surface area contributed by atoms with Gasteiger partial charge in [-0.3, -0.25) is 0 Å². The van der Waals surface area contributed by atoms with Crippen LogP contribution in [0.3, 0.4) is 0 Å². The van der Waals surface area contributed by atoms with Crippen LogP contribution in [0.5, 0.6) is 0 Å². The van der Waals surface area contributed by atoms with Crippen LogP contribution in [0.15, 0.2) is 30.3 Å². The van der Waals surface area contributed by atoms with Crippen molar-refractivity contribution in [3.05, 3.63) is 35.9 Å². The maximum Gasteiger partial charge on any atom is 0.0841 e. The van der Waals surface area contributed by atoms with Crippen LogP contribution in [0.4, 0.5) is 0 Å². The van der Waals surface area contributed by atoms with Crippen LogP contribution in [0.2, 0.25) is 0 Å². The van der Waals surface area contributed by atoms with Crippen molar-refractivity contribution in [2.45, 2.75) is 18.6 Å². The number of ether oxygens (including phenoxy) is 1. The van der Waals surface area contributed by atoms with Crippen molar-refractivity contribution < 1.29 is 4.74 Å². The van der Waals surface area contributed by atoms with Gasteiger partial charge in [0.15, 0.2) is 0 Å². The number of hydrogen-bond acceptors (Lipinski definition) is 2. The predicted molar refractivity (Wildman–Crippen MR) is 47.7 cm³/mol. The molecule has 0 spiro atoms. The monoisotopic (exact) mass is 163 g/mol. The Labute approximate surface area is 72.3 Å². The fourth-order valence-electron chi connectivity index (χ4n) is 1.55. The topological polar surface area (TPSA) is 35.2 Å². The molecular weight excluding hydrogens is 150 g/mol. The van der Waals surface area contributed by atoms with Crippen LogP contribution in [0.1, 0.15) is 18.1 Å². The Balaban J connectivity index is 2.11. The molecule has 0 bridgehead atoms. The first-order chi connectivity index (χ1) is 5.86. The minimum Gasteiger partial charge on any atom is -0.372 e. The average Bonchev–Trinajstić information content (AvgIpc) is 2.54. The van der Waals surface area contributed by atoms with Crippen LogP contribution in [-0.4, -0.2) is 12.6 Å². The molecule has 0 aromatic heterocycles. The van der Waals surface area contributed by atoms with Crippen molar-refractivity contribution in [1.82, 2.24) is 0 Å². The molecule has 0 aliphatic carbocycles. The van der Waals surface area contributed by atoms with Crippen molar-refractivity contribution in [2.75, 3.05) is 6.61 Å². The molecule has 0 saturated carbocycles. The number of rotatable bonds is 1. The van der Waals surface area contributed by atoms with Crippen LogP contribution in [0, 0.1) is 0 Å². The van der Waals surface area contributed by atoms with E-state index in [2.05, 4.69) is 12.1 Å². The fraction of sp³-hybridized carbons (Fsp3) is 0.400. The highest BCUT2D eigenvalue weighted by Gasteiger charge is 2.23. The molecule has 2 heteroatoms. The average molecular weight is 163 g/mol. The molecule has 12 heavy (non-hydrogen) atoms. The first-order valence-corrected chi connectivity index (χ1v) is 4.28. The van der Waals surface area contributed by atoms with Gasteiger partial charge >= 0.3 is 0 Å². The third kappa shape index (κ3) is 1.49. The van der Waals surface area contributed by atoms with E-state index in [1.54, 1.807) is 0 Å². The minimum atomic E-state index is 0.218. The molecule has 0 amide bonds. The van der Waals surface area contributed by atoms with Gasteiger partial charge < -0.3 is 10.5 Å². The van der Waals surface area contributed by atoms with E-state index < -0.39 is 0 Å². The van der Waals surface area contributed by atoms with E-state index in [4.69, 9.17) is 10.5 Å². The fourth-order valence-corrected chi connectivity index (χ4v) is 1.55. The van der Waals surface area contributed by atoms with E-state index in [0.29, 0.717) is 6.61 Å². The lowest BCUT2D eigenvalue weighted by molar-refractivity contribution is 0.110. The Morgan fingerprint density at radius 3 is 2.58 bits per heavy atom. The molecule has 1 aliphatic heterocycles. The summed E-state index contributed by atoms with van der Waals surface area (Å²) in [6.45, 7) is 0.694. The summed E-state index contributed by atoms with van der Waals surface area (Å²) in [6.07, 6.45) is 1.17. The molecule has 1 aliphatic rings. The van der Waals surface area contributed by atoms with Gasteiger partial charge in [-0.15, -0.1) is 0 Å². The summed E-state index contributed by atoms with van der Waals surface area (Å²) in [5.41, 5.74) is 6.98. The Morgan fingerprint density at radius 2 is 2.00 bits per heavy atom. The van der Waals surface area contributed by atoms with Gasteiger partial charge in [-0.2, -0.15) is 0 Å². The lowest BCUT2D eigenvalue weighted by atomic mass is 10.1. The zero-order valence-corrected chi connectivity index (χ0v) is 6.94. The molecule has 2 atom stereocenters. The van der Waals surface area contributed by atoms with E-state index >= 15 is 0 Å². The minimum absolute atomic E-state index is 0.218. The molecule has 1 aromatic rings. The van der Waals surface area contributed by atoms with Crippen LogP contribution >= 0.6 is 0 Å². The van der Waals surface area contributed by atoms with Crippen LogP contribution in [-0.2, 0) is 4.74 Å². The van der Waals surface area contributed by atoms with Gasteiger partial charge in [0.1, 0.15) is 0 Å². The highest BCUT2D eigenvalue weighted by Crippen LogP contribution is 2.27. The maximum atomic E-state index is 5.74. The Bertz CT molecular complexity index is 247. The first kappa shape index (κ1) is 7.77. The highest BCUT2D eigenvalue weighted by atomic mass is 16.5. The van der Waals surface area contributed by atoms with E-state index in [1.165, 1.54) is 5.56 Å². The highest BCUT2D eigenvalue weighted by molar-refractivity contribution is 5.18. The molecule has 1 aromatic carbocycles. The molecular formula is C10H13NO. The lowest BCUT2D eigenvalue weighted by Gasteiger charge is -2.08. The second-order valence-electron chi connectivity index (χ2n) is 3.23. The van der Waals surface area contributed by atoms with Gasteiger partial charge in [-0.05, 0) is 12.0 Å². The molecule has 2 nitrogen and oxygen atoms in total. The molecule has 0 unspecified atom stereocenters. The van der Waals surface area contributed by atoms with Crippen molar-refractivity contribution >= 4 is 0 Å². The molecule has 1 fully saturated rings. The maximum absolute atomic E-state index is 5.74. The van der Waals surface area contributed by atoms with Gasteiger partial charge in [0.05, 0.1) is 12.7 Å². The second-order valence-corrected chi connectivity index (χ2v) is 3.23. The van der Waals surface area contributed by atoms with Crippen molar-refractivity contribution in [1.29, 1.82) is 0 Å². The molecule has 64 valence electrons. The molecule has 2 N–H and O–H groups in total. The number of nitrogens with two attached hydrogens (primary N) is 1. The summed E-state index contributed by atoms with van der Waals surface area (Å²) >= 11 is 0. The van der Waals surface area contributed by atoms with E-state index in [1.807, 2.05) is 18.2 Å². The van der Waals surface area contributed by atoms with Crippen LogP contribution < -0.4 is 5.73 Å². The largest absolute Gasteiger partial charge is 0.372 e. The van der Waals surface area contributed by atoms with E-state index in [0.717, 1.165) is 6.42 Å². The predicted octanol–water partition coefficient (Wildman–Crippen LogP) is 1.48. The Hall–Kier alpha value is -0.860. The van der Waals surface area contributed by atoms with E-state index in [9.17, 15) is 0 Å². The summed E-state index contributed by atoms with van der Waals surface area (Å²) in [5, 5.41) is 0. The van der Waals surface area contributed by atoms with Gasteiger partial charge in [-0.1, -0.05) is 30.3 Å². The zero-order chi connectivity index (χ0) is 8.39. The number of hydrogen-bond donors (Lipinski definition) is 1. The van der Waals surface area contributed by atoms with Gasteiger partial charge in [0.25, 0.3) is 0 Å². The summed E-state index contributed by atoms with van der Waals surface area (Å²) in [5.74, 6) is 0. The summed E-state index contributed by atoms with van der Waals surface area (Å²) in [7, 11) is 0. The molecule has 2 rings (SSSR count). The quantitative estimate of drug-likeness (QED) is 0.680. The van der Waals surface area contributed by atoms with E-state index in [-0.39, 0.29) is 12.1 Å². The normalized spacial score (nSPS) is 29.1. The van der Waals surface area contributed by atoms with Crippen molar-refractivity contribution in [3.8, 4) is 0 Å². The molecule has 1 saturated heterocycles. The van der Waals surface area contributed by atoms with Crippen LogP contribution in [0.25, 0.3) is 0 Å². The first-order valence-electron chi connectivity index (χ1n) is 4.28. The molecule has 1 heterocycles.